The number of carboxylic acid groups (broad SMARTS) is 1. The van der Waals surface area contributed by atoms with Gasteiger partial charge in [0.1, 0.15) is 0 Å². The minimum Gasteiger partial charge on any atom is -0.478 e. The molecule has 1 aliphatic heterocycles. The lowest BCUT2D eigenvalue weighted by atomic mass is 9.96. The van der Waals surface area contributed by atoms with Gasteiger partial charge in [-0.15, -0.1) is 0 Å². The number of H-pyrrole nitrogens is 1. The second-order valence-corrected chi connectivity index (χ2v) is 4.63. The molecule has 0 bridgehead atoms. The van der Waals surface area contributed by atoms with Crippen molar-refractivity contribution in [2.75, 3.05) is 6.54 Å². The van der Waals surface area contributed by atoms with Crippen molar-refractivity contribution in [3.8, 4) is 0 Å². The van der Waals surface area contributed by atoms with Crippen molar-refractivity contribution in [2.24, 2.45) is 0 Å². The fourth-order valence-corrected chi connectivity index (χ4v) is 2.57. The average molecular weight is 242 g/mol. The summed E-state index contributed by atoms with van der Waals surface area (Å²) in [6.07, 6.45) is 1.58. The van der Waals surface area contributed by atoms with Gasteiger partial charge in [0.25, 0.3) is 0 Å². The van der Waals surface area contributed by atoms with Gasteiger partial charge in [-0.05, 0) is 11.6 Å². The van der Waals surface area contributed by atoms with Gasteiger partial charge in [-0.2, -0.15) is 0 Å². The Labute approximate surface area is 104 Å². The zero-order valence-electron chi connectivity index (χ0n) is 10.0. The van der Waals surface area contributed by atoms with Crippen LogP contribution in [-0.2, 0) is 4.79 Å². The van der Waals surface area contributed by atoms with Gasteiger partial charge >= 0.3 is 5.97 Å². The van der Waals surface area contributed by atoms with Crippen molar-refractivity contribution in [3.05, 3.63) is 41.7 Å². The van der Waals surface area contributed by atoms with Gasteiger partial charge in [0.2, 0.25) is 0 Å². The summed E-state index contributed by atoms with van der Waals surface area (Å²) in [5.41, 5.74) is 3.10. The number of benzene rings is 1. The van der Waals surface area contributed by atoms with E-state index in [1.165, 1.54) is 0 Å². The number of carbonyl (C=O) groups is 1. The highest BCUT2D eigenvalue weighted by molar-refractivity contribution is 6.16. The molecule has 18 heavy (non-hydrogen) atoms. The molecule has 1 aromatic heterocycles. The maximum Gasteiger partial charge on any atom is 0.339 e. The molecule has 0 fully saturated rings. The van der Waals surface area contributed by atoms with Crippen molar-refractivity contribution in [1.29, 1.82) is 0 Å². The average Bonchev–Trinajstić information content (AvgIpc) is 2.64. The van der Waals surface area contributed by atoms with Crippen LogP contribution in [0.4, 0.5) is 0 Å². The van der Waals surface area contributed by atoms with Gasteiger partial charge in [0.15, 0.2) is 0 Å². The molecular formula is C14H14N2O2. The van der Waals surface area contributed by atoms with Gasteiger partial charge in [-0.25, -0.2) is 4.79 Å². The Balaban J connectivity index is 2.34. The highest BCUT2D eigenvalue weighted by Crippen LogP contribution is 2.34. The molecule has 3 rings (SSSR count). The summed E-state index contributed by atoms with van der Waals surface area (Å²) in [7, 11) is 0. The maximum absolute atomic E-state index is 11.3. The van der Waals surface area contributed by atoms with Crippen LogP contribution in [0, 0.1) is 0 Å². The topological polar surface area (TPSA) is 65.1 Å². The van der Waals surface area contributed by atoms with Crippen LogP contribution >= 0.6 is 0 Å². The van der Waals surface area contributed by atoms with E-state index in [4.69, 9.17) is 0 Å². The number of aromatic nitrogens is 1. The van der Waals surface area contributed by atoms with E-state index in [1.807, 2.05) is 24.3 Å². The van der Waals surface area contributed by atoms with E-state index in [0.717, 1.165) is 28.7 Å². The zero-order valence-corrected chi connectivity index (χ0v) is 10.0. The summed E-state index contributed by atoms with van der Waals surface area (Å²) < 4.78 is 0. The molecule has 2 aromatic rings. The molecule has 92 valence electrons. The third-order valence-corrected chi connectivity index (χ3v) is 3.41. The molecular weight excluding hydrogens is 228 g/mol. The third kappa shape index (κ3) is 1.49. The molecule has 4 nitrogen and oxygen atoms in total. The van der Waals surface area contributed by atoms with E-state index in [2.05, 4.69) is 17.2 Å². The first kappa shape index (κ1) is 10.9. The molecule has 0 spiro atoms. The number of hydrogen-bond donors (Lipinski definition) is 3. The molecule has 1 aliphatic rings. The number of para-hydroxylation sites is 1. The van der Waals surface area contributed by atoms with E-state index in [9.17, 15) is 9.90 Å². The highest BCUT2D eigenvalue weighted by atomic mass is 16.4. The van der Waals surface area contributed by atoms with Crippen LogP contribution in [0.1, 0.15) is 24.1 Å². The molecule has 0 radical (unpaired) electrons. The first-order valence-corrected chi connectivity index (χ1v) is 5.96. The maximum atomic E-state index is 11.3. The molecule has 0 amide bonds. The second-order valence-electron chi connectivity index (χ2n) is 4.63. The number of hydrogen-bond acceptors (Lipinski definition) is 2. The number of fused-ring (bicyclic) bond motifs is 3. The van der Waals surface area contributed by atoms with Gasteiger partial charge in [-0.1, -0.05) is 25.1 Å². The predicted octanol–water partition coefficient (Wildman–Crippen LogP) is 2.30. The van der Waals surface area contributed by atoms with Crippen LogP contribution in [0.3, 0.4) is 0 Å². The minimum absolute atomic E-state index is 0.268. The van der Waals surface area contributed by atoms with Crippen LogP contribution in [0.15, 0.2) is 30.5 Å². The van der Waals surface area contributed by atoms with E-state index >= 15 is 0 Å². The quantitative estimate of drug-likeness (QED) is 0.719. The fraction of sp³-hybridized carbons (Fsp3) is 0.214. The molecule has 4 heteroatoms. The Morgan fingerprint density at radius 1 is 1.39 bits per heavy atom. The summed E-state index contributed by atoms with van der Waals surface area (Å²) in [6.45, 7) is 2.84. The molecule has 1 atom stereocenters. The summed E-state index contributed by atoms with van der Waals surface area (Å²) >= 11 is 0. The van der Waals surface area contributed by atoms with E-state index in [1.54, 1.807) is 6.20 Å². The van der Waals surface area contributed by atoms with Crippen molar-refractivity contribution in [3.63, 3.8) is 0 Å². The monoisotopic (exact) mass is 242 g/mol. The van der Waals surface area contributed by atoms with Crippen molar-refractivity contribution < 1.29 is 9.90 Å². The number of nitrogens with one attached hydrogen (secondary N) is 2. The molecule has 3 N–H and O–H groups in total. The summed E-state index contributed by atoms with van der Waals surface area (Å²) in [4.78, 5) is 14.6. The Morgan fingerprint density at radius 3 is 2.94 bits per heavy atom. The number of carboxylic acids is 1. The first-order chi connectivity index (χ1) is 8.68. The Hall–Kier alpha value is -2.23. The van der Waals surface area contributed by atoms with E-state index in [0.29, 0.717) is 5.57 Å². The van der Waals surface area contributed by atoms with Crippen LogP contribution in [0.5, 0.6) is 0 Å². The lowest BCUT2D eigenvalue weighted by Gasteiger charge is -2.09. The molecule has 0 saturated heterocycles. The zero-order chi connectivity index (χ0) is 12.7. The second kappa shape index (κ2) is 3.91. The number of aliphatic carboxylic acids is 1. The van der Waals surface area contributed by atoms with Crippen LogP contribution in [0.2, 0.25) is 0 Å². The minimum atomic E-state index is -0.913. The lowest BCUT2D eigenvalue weighted by molar-refractivity contribution is -0.130. The van der Waals surface area contributed by atoms with Gasteiger partial charge in [0, 0.05) is 29.6 Å². The van der Waals surface area contributed by atoms with Crippen LogP contribution < -0.4 is 5.32 Å². The van der Waals surface area contributed by atoms with E-state index in [-0.39, 0.29) is 5.92 Å². The SMILES string of the molecule is CC1CNC=C(C(=O)O)c2[nH]c3ccccc3c21. The Kier molecular flexibility index (Phi) is 2.37. The van der Waals surface area contributed by atoms with Gasteiger partial charge in [0.05, 0.1) is 11.3 Å². The summed E-state index contributed by atoms with van der Waals surface area (Å²) in [5.74, 6) is -0.645. The highest BCUT2D eigenvalue weighted by Gasteiger charge is 2.24. The first-order valence-electron chi connectivity index (χ1n) is 5.96. The van der Waals surface area contributed by atoms with Crippen molar-refractivity contribution in [2.45, 2.75) is 12.8 Å². The molecule has 0 saturated carbocycles. The number of rotatable bonds is 1. The Bertz CT molecular complexity index is 655. The molecule has 2 heterocycles. The largest absolute Gasteiger partial charge is 0.478 e. The smallest absolute Gasteiger partial charge is 0.339 e. The standard InChI is InChI=1S/C14H14N2O2/c1-8-6-15-7-10(14(17)18)13-12(8)9-4-2-3-5-11(9)16-13/h2-5,7-8,15-16H,6H2,1H3,(H,17,18). The Morgan fingerprint density at radius 2 is 2.17 bits per heavy atom. The van der Waals surface area contributed by atoms with Crippen LogP contribution in [0.25, 0.3) is 16.5 Å². The van der Waals surface area contributed by atoms with Crippen molar-refractivity contribution in [1.82, 2.24) is 10.3 Å². The van der Waals surface area contributed by atoms with Crippen molar-refractivity contribution >= 4 is 22.4 Å². The molecule has 1 unspecified atom stereocenters. The number of aromatic amines is 1. The normalized spacial score (nSPS) is 18.7. The van der Waals surface area contributed by atoms with Gasteiger partial charge < -0.3 is 15.4 Å². The predicted molar refractivity (Wildman–Crippen MR) is 70.3 cm³/mol. The van der Waals surface area contributed by atoms with Gasteiger partial charge in [-0.3, -0.25) is 0 Å². The molecule has 0 aliphatic carbocycles. The third-order valence-electron chi connectivity index (χ3n) is 3.41. The summed E-state index contributed by atoms with van der Waals surface area (Å²) in [5, 5.41) is 13.5. The summed E-state index contributed by atoms with van der Waals surface area (Å²) in [6, 6.07) is 7.94. The van der Waals surface area contributed by atoms with Crippen LogP contribution in [-0.4, -0.2) is 22.6 Å². The molecule has 1 aromatic carbocycles. The fourth-order valence-electron chi connectivity index (χ4n) is 2.57. The lowest BCUT2D eigenvalue weighted by Crippen LogP contribution is -2.12. The van der Waals surface area contributed by atoms with E-state index < -0.39 is 5.97 Å².